The van der Waals surface area contributed by atoms with Crippen LogP contribution in [0.3, 0.4) is 0 Å². The molecule has 7 heteroatoms. The summed E-state index contributed by atoms with van der Waals surface area (Å²) in [6.45, 7) is 2.17. The summed E-state index contributed by atoms with van der Waals surface area (Å²) in [5.74, 6) is 0.709. The van der Waals surface area contributed by atoms with Crippen LogP contribution in [0, 0.1) is 11.3 Å². The molecule has 0 aliphatic carbocycles. The molecule has 0 atom stereocenters. The molecule has 26 heavy (non-hydrogen) atoms. The minimum atomic E-state index is -0.0426. The molecule has 0 unspecified atom stereocenters. The summed E-state index contributed by atoms with van der Waals surface area (Å²) in [5.41, 5.74) is 2.12. The van der Waals surface area contributed by atoms with Gasteiger partial charge >= 0.3 is 0 Å². The van der Waals surface area contributed by atoms with Gasteiger partial charge in [0.15, 0.2) is 0 Å². The Morgan fingerprint density at radius 3 is 2.77 bits per heavy atom. The van der Waals surface area contributed by atoms with Gasteiger partial charge in [-0.05, 0) is 52.9 Å². The van der Waals surface area contributed by atoms with Crippen molar-refractivity contribution in [3.63, 3.8) is 0 Å². The SMILES string of the molecule is N#Cc1ccccc1Cn1c(N2CCCCC2)nc2cc(Br)sc2c1=O. The van der Waals surface area contributed by atoms with Crippen molar-refractivity contribution < 1.29 is 0 Å². The molecule has 3 heterocycles. The molecule has 0 spiro atoms. The second-order valence-corrected chi connectivity index (χ2v) is 8.82. The van der Waals surface area contributed by atoms with Gasteiger partial charge in [-0.25, -0.2) is 4.98 Å². The third kappa shape index (κ3) is 3.15. The molecule has 4 rings (SSSR count). The van der Waals surface area contributed by atoms with Crippen LogP contribution in [-0.2, 0) is 6.54 Å². The van der Waals surface area contributed by atoms with Gasteiger partial charge in [0.2, 0.25) is 5.95 Å². The van der Waals surface area contributed by atoms with Crippen LogP contribution in [0.1, 0.15) is 30.4 Å². The fraction of sp³-hybridized carbons (Fsp3) is 0.316. The van der Waals surface area contributed by atoms with E-state index in [0.717, 1.165) is 40.8 Å². The van der Waals surface area contributed by atoms with Crippen molar-refractivity contribution in [1.29, 1.82) is 5.26 Å². The average molecular weight is 429 g/mol. The van der Waals surface area contributed by atoms with Crippen LogP contribution >= 0.6 is 27.3 Å². The number of hydrogen-bond acceptors (Lipinski definition) is 5. The lowest BCUT2D eigenvalue weighted by atomic mass is 10.1. The van der Waals surface area contributed by atoms with E-state index in [-0.39, 0.29) is 5.56 Å². The Morgan fingerprint density at radius 2 is 2.00 bits per heavy atom. The molecule has 0 saturated carbocycles. The summed E-state index contributed by atoms with van der Waals surface area (Å²) in [4.78, 5) is 20.2. The molecule has 2 aromatic heterocycles. The number of nitrogens with zero attached hydrogens (tertiary/aromatic N) is 4. The van der Waals surface area contributed by atoms with E-state index in [4.69, 9.17) is 4.98 Å². The highest BCUT2D eigenvalue weighted by Crippen LogP contribution is 2.29. The molecule has 132 valence electrons. The zero-order valence-electron chi connectivity index (χ0n) is 14.1. The van der Waals surface area contributed by atoms with Crippen molar-refractivity contribution in [1.82, 2.24) is 9.55 Å². The highest BCUT2D eigenvalue weighted by Gasteiger charge is 2.21. The lowest BCUT2D eigenvalue weighted by molar-refractivity contribution is 0.553. The predicted octanol–water partition coefficient (Wildman–Crippen LogP) is 4.13. The molecule has 1 aliphatic rings. The number of aromatic nitrogens is 2. The maximum Gasteiger partial charge on any atom is 0.273 e. The lowest BCUT2D eigenvalue weighted by Crippen LogP contribution is -2.36. The van der Waals surface area contributed by atoms with Gasteiger partial charge in [0.1, 0.15) is 4.70 Å². The highest BCUT2D eigenvalue weighted by atomic mass is 79.9. The molecule has 0 amide bonds. The van der Waals surface area contributed by atoms with Crippen LogP contribution < -0.4 is 10.5 Å². The van der Waals surface area contributed by atoms with Crippen molar-refractivity contribution in [2.75, 3.05) is 18.0 Å². The van der Waals surface area contributed by atoms with E-state index in [0.29, 0.717) is 22.8 Å². The monoisotopic (exact) mass is 428 g/mol. The molecule has 5 nitrogen and oxygen atoms in total. The minimum Gasteiger partial charge on any atom is -0.342 e. The standard InChI is InChI=1S/C19H17BrN4OS/c20-16-10-15-17(26-16)18(25)24(12-14-7-3-2-6-13(14)11-21)19(22-15)23-8-4-1-5-9-23/h2-3,6-7,10H,1,4-5,8-9,12H2. The minimum absolute atomic E-state index is 0.0426. The van der Waals surface area contributed by atoms with E-state index in [2.05, 4.69) is 26.9 Å². The Hall–Kier alpha value is -2.17. The quantitative estimate of drug-likeness (QED) is 0.628. The second-order valence-electron chi connectivity index (χ2n) is 6.38. The van der Waals surface area contributed by atoms with E-state index < -0.39 is 0 Å². The van der Waals surface area contributed by atoms with E-state index in [1.807, 2.05) is 24.3 Å². The number of hydrogen-bond donors (Lipinski definition) is 0. The smallest absolute Gasteiger partial charge is 0.273 e. The predicted molar refractivity (Wildman–Crippen MR) is 108 cm³/mol. The van der Waals surface area contributed by atoms with Crippen LogP contribution in [0.25, 0.3) is 10.2 Å². The number of nitriles is 1. The zero-order valence-corrected chi connectivity index (χ0v) is 16.5. The van der Waals surface area contributed by atoms with Crippen molar-refractivity contribution in [3.05, 3.63) is 55.6 Å². The van der Waals surface area contributed by atoms with Gasteiger partial charge in [0, 0.05) is 13.1 Å². The topological polar surface area (TPSA) is 61.9 Å². The van der Waals surface area contributed by atoms with Gasteiger partial charge in [-0.2, -0.15) is 5.26 Å². The van der Waals surface area contributed by atoms with Crippen molar-refractivity contribution in [2.24, 2.45) is 0 Å². The van der Waals surface area contributed by atoms with Crippen molar-refractivity contribution in [2.45, 2.75) is 25.8 Å². The summed E-state index contributed by atoms with van der Waals surface area (Å²) in [7, 11) is 0. The van der Waals surface area contributed by atoms with Gasteiger partial charge in [-0.1, -0.05) is 18.2 Å². The first-order valence-electron chi connectivity index (χ1n) is 8.60. The summed E-state index contributed by atoms with van der Waals surface area (Å²) in [6, 6.07) is 11.6. The van der Waals surface area contributed by atoms with Crippen LogP contribution in [0.5, 0.6) is 0 Å². The fourth-order valence-electron chi connectivity index (χ4n) is 3.39. The molecule has 3 aromatic rings. The summed E-state index contributed by atoms with van der Waals surface area (Å²) >= 11 is 4.87. The average Bonchev–Trinajstić information content (AvgIpc) is 3.05. The third-order valence-electron chi connectivity index (χ3n) is 4.69. The molecule has 1 aliphatic heterocycles. The summed E-state index contributed by atoms with van der Waals surface area (Å²) < 4.78 is 3.27. The highest BCUT2D eigenvalue weighted by molar-refractivity contribution is 9.11. The number of benzene rings is 1. The molecular weight excluding hydrogens is 412 g/mol. The normalized spacial score (nSPS) is 14.5. The molecule has 0 N–H and O–H groups in total. The number of fused-ring (bicyclic) bond motifs is 1. The van der Waals surface area contributed by atoms with Crippen LogP contribution in [0.4, 0.5) is 5.95 Å². The first-order valence-corrected chi connectivity index (χ1v) is 10.2. The third-order valence-corrected chi connectivity index (χ3v) is 6.30. The first-order chi connectivity index (χ1) is 12.7. The van der Waals surface area contributed by atoms with Crippen LogP contribution in [0.2, 0.25) is 0 Å². The zero-order chi connectivity index (χ0) is 18.1. The van der Waals surface area contributed by atoms with E-state index in [1.54, 1.807) is 10.6 Å². The van der Waals surface area contributed by atoms with Gasteiger partial charge in [0.05, 0.1) is 27.5 Å². The Bertz CT molecular complexity index is 1060. The van der Waals surface area contributed by atoms with E-state index in [9.17, 15) is 10.1 Å². The second kappa shape index (κ2) is 7.22. The molecule has 0 bridgehead atoms. The number of halogens is 1. The summed E-state index contributed by atoms with van der Waals surface area (Å²) in [6.07, 6.45) is 3.43. The van der Waals surface area contributed by atoms with E-state index in [1.165, 1.54) is 17.8 Å². The Labute approximate surface area is 163 Å². The maximum absolute atomic E-state index is 13.2. The van der Waals surface area contributed by atoms with Crippen molar-refractivity contribution in [3.8, 4) is 6.07 Å². The van der Waals surface area contributed by atoms with Crippen LogP contribution in [0.15, 0.2) is 38.9 Å². The lowest BCUT2D eigenvalue weighted by Gasteiger charge is -2.29. The fourth-order valence-corrected chi connectivity index (χ4v) is 4.86. The Kier molecular flexibility index (Phi) is 4.79. The van der Waals surface area contributed by atoms with Gasteiger partial charge in [-0.3, -0.25) is 9.36 Å². The van der Waals surface area contributed by atoms with Gasteiger partial charge in [-0.15, -0.1) is 11.3 Å². The first kappa shape index (κ1) is 17.3. The van der Waals surface area contributed by atoms with Gasteiger partial charge in [0.25, 0.3) is 5.56 Å². The number of rotatable bonds is 3. The van der Waals surface area contributed by atoms with Gasteiger partial charge < -0.3 is 4.90 Å². The number of thiophene rings is 1. The largest absolute Gasteiger partial charge is 0.342 e. The Balaban J connectivity index is 1.89. The Morgan fingerprint density at radius 1 is 1.23 bits per heavy atom. The molecule has 0 radical (unpaired) electrons. The van der Waals surface area contributed by atoms with Crippen LogP contribution in [-0.4, -0.2) is 22.6 Å². The number of anilines is 1. The molecule has 1 saturated heterocycles. The van der Waals surface area contributed by atoms with Crippen molar-refractivity contribution >= 4 is 43.4 Å². The molecular formula is C19H17BrN4OS. The van der Waals surface area contributed by atoms with E-state index >= 15 is 0 Å². The molecule has 1 fully saturated rings. The molecule has 1 aromatic carbocycles. The number of piperidine rings is 1. The summed E-state index contributed by atoms with van der Waals surface area (Å²) in [5, 5.41) is 9.39. The maximum atomic E-state index is 13.2.